The summed E-state index contributed by atoms with van der Waals surface area (Å²) in [4.78, 5) is 34.6. The summed E-state index contributed by atoms with van der Waals surface area (Å²) in [6.07, 6.45) is -1.59. The molecule has 120 valence electrons. The van der Waals surface area contributed by atoms with E-state index in [1.807, 2.05) is 0 Å². The fourth-order valence-corrected chi connectivity index (χ4v) is 4.30. The van der Waals surface area contributed by atoms with Crippen molar-refractivity contribution >= 4 is 23.5 Å². The number of phosphoric ester groups is 1. The topological polar surface area (TPSA) is 189 Å². The first kappa shape index (κ1) is 18.4. The van der Waals surface area contributed by atoms with Crippen molar-refractivity contribution in [2.45, 2.75) is 18.6 Å². The van der Waals surface area contributed by atoms with Crippen molar-refractivity contribution < 1.29 is 56.3 Å². The molecule has 0 aliphatic carbocycles. The molecule has 0 amide bonds. The van der Waals surface area contributed by atoms with E-state index in [2.05, 4.69) is 13.1 Å². The number of rotatable bonds is 7. The van der Waals surface area contributed by atoms with E-state index in [0.717, 1.165) is 0 Å². The van der Waals surface area contributed by atoms with Gasteiger partial charge in [-0.3, -0.25) is 4.52 Å². The molecule has 20 heavy (non-hydrogen) atoms. The van der Waals surface area contributed by atoms with Crippen LogP contribution in [0.15, 0.2) is 0 Å². The van der Waals surface area contributed by atoms with E-state index in [1.165, 1.54) is 0 Å². The molecule has 1 saturated heterocycles. The van der Waals surface area contributed by atoms with Gasteiger partial charge in [-0.1, -0.05) is 0 Å². The van der Waals surface area contributed by atoms with Gasteiger partial charge in [0.25, 0.3) is 0 Å². The molecular formula is C5H13O12P3. The minimum Gasteiger partial charge on any atom is -0.390 e. The zero-order valence-electron chi connectivity index (χ0n) is 9.71. The Kier molecular flexibility index (Phi) is 6.08. The summed E-state index contributed by atoms with van der Waals surface area (Å²) in [6.45, 7) is -0.434. The zero-order chi connectivity index (χ0) is 15.6. The Morgan fingerprint density at radius 3 is 2.10 bits per heavy atom. The van der Waals surface area contributed by atoms with Crippen LogP contribution < -0.4 is 0 Å². The van der Waals surface area contributed by atoms with Gasteiger partial charge in [0.1, 0.15) is 6.10 Å². The lowest BCUT2D eigenvalue weighted by molar-refractivity contribution is 0.00363. The van der Waals surface area contributed by atoms with Crippen LogP contribution in [0.5, 0.6) is 0 Å². The van der Waals surface area contributed by atoms with Crippen LogP contribution in [-0.2, 0) is 31.6 Å². The Balaban J connectivity index is 2.54. The molecule has 4 atom stereocenters. The van der Waals surface area contributed by atoms with E-state index < -0.39 is 42.3 Å². The number of hydrogen-bond acceptors (Lipinski definition) is 8. The van der Waals surface area contributed by atoms with Crippen molar-refractivity contribution in [1.82, 2.24) is 0 Å². The number of hydrogen-bond donors (Lipinski definition) is 5. The smallest absolute Gasteiger partial charge is 0.390 e. The summed E-state index contributed by atoms with van der Waals surface area (Å²) in [5.74, 6) is 0. The molecule has 4 unspecified atom stereocenters. The maximum atomic E-state index is 11.3. The summed E-state index contributed by atoms with van der Waals surface area (Å²) >= 11 is 0. The Bertz CT molecular complexity index is 470. The molecule has 1 heterocycles. The van der Waals surface area contributed by atoms with E-state index in [-0.39, 0.29) is 13.0 Å². The minimum absolute atomic E-state index is 0.200. The van der Waals surface area contributed by atoms with Crippen molar-refractivity contribution in [3.05, 3.63) is 0 Å². The highest BCUT2D eigenvalue weighted by atomic mass is 31.3. The van der Waals surface area contributed by atoms with E-state index in [0.29, 0.717) is 0 Å². The van der Waals surface area contributed by atoms with Crippen molar-refractivity contribution in [2.24, 2.45) is 0 Å². The third-order valence-electron chi connectivity index (χ3n) is 1.99. The Hall–Kier alpha value is 0.330. The average Bonchev–Trinajstić information content (AvgIpc) is 2.55. The summed E-state index contributed by atoms with van der Waals surface area (Å²) in [6, 6.07) is 0. The van der Waals surface area contributed by atoms with E-state index >= 15 is 0 Å². The van der Waals surface area contributed by atoms with E-state index in [1.54, 1.807) is 0 Å². The summed E-state index contributed by atoms with van der Waals surface area (Å²) in [7, 11) is -16.1. The van der Waals surface area contributed by atoms with Crippen molar-refractivity contribution in [3.63, 3.8) is 0 Å². The second-order valence-corrected chi connectivity index (χ2v) is 8.07. The molecule has 0 spiro atoms. The monoisotopic (exact) mass is 358 g/mol. The van der Waals surface area contributed by atoms with Gasteiger partial charge < -0.3 is 29.4 Å². The number of ether oxygens (including phenoxy) is 1. The first-order valence-corrected chi connectivity index (χ1v) is 9.50. The molecule has 1 aliphatic rings. The summed E-state index contributed by atoms with van der Waals surface area (Å²) in [5.41, 5.74) is 0. The second kappa shape index (κ2) is 6.62. The molecule has 0 aromatic rings. The fourth-order valence-electron chi connectivity index (χ4n) is 1.27. The molecule has 5 N–H and O–H groups in total. The Labute approximate surface area is 112 Å². The number of phosphoric acid groups is 3. The number of aliphatic hydroxyl groups is 1. The van der Waals surface area contributed by atoms with E-state index in [4.69, 9.17) is 24.3 Å². The van der Waals surface area contributed by atoms with Gasteiger partial charge in [0.15, 0.2) is 0 Å². The normalized spacial score (nSPS) is 29.9. The third-order valence-corrected chi connectivity index (χ3v) is 5.80. The average molecular weight is 358 g/mol. The van der Waals surface area contributed by atoms with Crippen LogP contribution in [0, 0.1) is 0 Å². The second-order valence-electron chi connectivity index (χ2n) is 3.65. The highest BCUT2D eigenvalue weighted by Crippen LogP contribution is 2.66. The van der Waals surface area contributed by atoms with Crippen LogP contribution in [0.1, 0.15) is 6.42 Å². The van der Waals surface area contributed by atoms with Gasteiger partial charge in [-0.05, 0) is 6.42 Å². The van der Waals surface area contributed by atoms with Crippen molar-refractivity contribution in [1.29, 1.82) is 0 Å². The highest BCUT2D eigenvalue weighted by Gasteiger charge is 2.41. The van der Waals surface area contributed by atoms with Gasteiger partial charge in [0, 0.05) is 6.61 Å². The Morgan fingerprint density at radius 1 is 1.05 bits per heavy atom. The first-order valence-electron chi connectivity index (χ1n) is 4.98. The van der Waals surface area contributed by atoms with Crippen LogP contribution in [-0.4, -0.2) is 50.1 Å². The number of aliphatic hydroxyl groups excluding tert-OH is 1. The molecule has 15 heteroatoms. The van der Waals surface area contributed by atoms with Crippen molar-refractivity contribution in [3.8, 4) is 0 Å². The van der Waals surface area contributed by atoms with Crippen LogP contribution in [0.2, 0.25) is 0 Å². The molecule has 0 aromatic heterocycles. The minimum atomic E-state index is -5.52. The first-order chi connectivity index (χ1) is 8.90. The standard InChI is InChI=1S/C5H13O12P3/c6-4-1-2-14-5(4)3-15-19(10,11)17-20(12,13)16-18(7,8)9/h4-6H,1-3H2,(H,10,11)(H,12,13)(H2,7,8,9). The lowest BCUT2D eigenvalue weighted by Crippen LogP contribution is -2.25. The molecule has 1 fully saturated rings. The quantitative estimate of drug-likeness (QED) is 0.367. The predicted molar refractivity (Wildman–Crippen MR) is 60.2 cm³/mol. The van der Waals surface area contributed by atoms with Crippen LogP contribution in [0.4, 0.5) is 0 Å². The van der Waals surface area contributed by atoms with E-state index in [9.17, 15) is 18.8 Å². The van der Waals surface area contributed by atoms with Crippen LogP contribution >= 0.6 is 23.5 Å². The Morgan fingerprint density at radius 2 is 1.65 bits per heavy atom. The molecule has 1 rings (SSSR count). The van der Waals surface area contributed by atoms with Crippen LogP contribution in [0.25, 0.3) is 0 Å². The molecule has 12 nitrogen and oxygen atoms in total. The molecule has 0 radical (unpaired) electrons. The van der Waals surface area contributed by atoms with Gasteiger partial charge in [0.2, 0.25) is 0 Å². The molecule has 0 saturated carbocycles. The lowest BCUT2D eigenvalue weighted by Gasteiger charge is -2.18. The van der Waals surface area contributed by atoms with Crippen molar-refractivity contribution in [2.75, 3.05) is 13.2 Å². The largest absolute Gasteiger partial charge is 0.490 e. The SMILES string of the molecule is O=P(O)(O)OP(=O)(O)OP(=O)(O)OCC1OCCC1O. The summed E-state index contributed by atoms with van der Waals surface area (Å²) in [5, 5.41) is 9.32. The van der Waals surface area contributed by atoms with Gasteiger partial charge in [0.05, 0.1) is 12.7 Å². The molecule has 1 aliphatic heterocycles. The maximum Gasteiger partial charge on any atom is 0.490 e. The van der Waals surface area contributed by atoms with Gasteiger partial charge >= 0.3 is 23.5 Å². The molecule has 0 aromatic carbocycles. The highest BCUT2D eigenvalue weighted by molar-refractivity contribution is 7.66. The zero-order valence-corrected chi connectivity index (χ0v) is 12.4. The third kappa shape index (κ3) is 6.86. The lowest BCUT2D eigenvalue weighted by atomic mass is 10.2. The van der Waals surface area contributed by atoms with Gasteiger partial charge in [-0.15, -0.1) is 0 Å². The predicted octanol–water partition coefficient (Wildman–Crippen LogP) is -0.521. The summed E-state index contributed by atoms with van der Waals surface area (Å²) < 4.78 is 48.8. The van der Waals surface area contributed by atoms with Gasteiger partial charge in [-0.25, -0.2) is 13.7 Å². The molecular weight excluding hydrogens is 345 g/mol. The molecule has 0 bridgehead atoms. The van der Waals surface area contributed by atoms with Gasteiger partial charge in [-0.2, -0.15) is 8.62 Å². The van der Waals surface area contributed by atoms with Crippen LogP contribution in [0.3, 0.4) is 0 Å². The maximum absolute atomic E-state index is 11.3. The fraction of sp³-hybridized carbons (Fsp3) is 1.00.